The van der Waals surface area contributed by atoms with E-state index >= 15 is 0 Å². The van der Waals surface area contributed by atoms with Crippen molar-refractivity contribution in [3.05, 3.63) is 46.5 Å². The number of thiophene rings is 1. The largest absolute Gasteiger partial charge is 0.466 e. The number of aliphatic hydroxyl groups is 1. The van der Waals surface area contributed by atoms with Gasteiger partial charge in [0.25, 0.3) is 0 Å². The molecule has 0 bridgehead atoms. The minimum Gasteiger partial charge on any atom is -0.466 e. The number of rotatable bonds is 8. The van der Waals surface area contributed by atoms with Crippen LogP contribution in [0.15, 0.2) is 45.3 Å². The van der Waals surface area contributed by atoms with Crippen molar-refractivity contribution in [2.24, 2.45) is 4.99 Å². The van der Waals surface area contributed by atoms with Gasteiger partial charge in [0.05, 0.1) is 18.8 Å². The first kappa shape index (κ1) is 23.2. The van der Waals surface area contributed by atoms with Crippen LogP contribution >= 0.6 is 35.3 Å². The Bertz CT molecular complexity index is 698. The number of halogens is 1. The summed E-state index contributed by atoms with van der Waals surface area (Å²) in [6.45, 7) is 7.83. The summed E-state index contributed by atoms with van der Waals surface area (Å²) >= 11 is 1.80. The summed E-state index contributed by atoms with van der Waals surface area (Å²) in [6.07, 6.45) is 4.10. The van der Waals surface area contributed by atoms with Crippen molar-refractivity contribution in [1.29, 1.82) is 0 Å². The SMILES string of the molecule is CCNC(=NCC(C)(O)c1ccco1)NCC(c1cccs1)N1CCCC1.I. The number of hydrogen-bond donors (Lipinski definition) is 3. The molecule has 0 aliphatic carbocycles. The second-order valence-corrected chi connectivity index (χ2v) is 8.08. The lowest BCUT2D eigenvalue weighted by Gasteiger charge is -2.28. The second-order valence-electron chi connectivity index (χ2n) is 7.10. The molecule has 0 spiro atoms. The van der Waals surface area contributed by atoms with Crippen LogP contribution in [0.3, 0.4) is 0 Å². The van der Waals surface area contributed by atoms with Crippen LogP contribution in [-0.4, -0.2) is 48.7 Å². The number of guanidine groups is 1. The normalized spacial score (nSPS) is 18.3. The lowest BCUT2D eigenvalue weighted by atomic mass is 10.0. The molecular formula is C20H31IN4O2S. The third-order valence-corrected chi connectivity index (χ3v) is 5.83. The molecule has 6 nitrogen and oxygen atoms in total. The van der Waals surface area contributed by atoms with E-state index in [-0.39, 0.29) is 30.5 Å². The predicted octanol–water partition coefficient (Wildman–Crippen LogP) is 3.56. The van der Waals surface area contributed by atoms with Gasteiger partial charge < -0.3 is 20.2 Å². The van der Waals surface area contributed by atoms with Crippen LogP contribution in [0.5, 0.6) is 0 Å². The zero-order chi connectivity index (χ0) is 19.1. The van der Waals surface area contributed by atoms with E-state index in [4.69, 9.17) is 4.42 Å². The fourth-order valence-electron chi connectivity index (χ4n) is 3.37. The Kier molecular flexibility index (Phi) is 9.26. The molecule has 3 N–H and O–H groups in total. The Labute approximate surface area is 188 Å². The number of furan rings is 1. The lowest BCUT2D eigenvalue weighted by molar-refractivity contribution is 0.0437. The number of nitrogens with zero attached hydrogens (tertiary/aromatic N) is 2. The molecule has 1 aliphatic heterocycles. The standard InChI is InChI=1S/C20H30N4O2S.HI/c1-3-21-19(23-15-20(2,25)18-9-6-12-26-18)22-14-16(17-8-7-13-27-17)24-10-4-5-11-24;/h6-9,12-13,16,25H,3-5,10-11,14-15H2,1-2H3,(H2,21,22,23);1H. The van der Waals surface area contributed by atoms with E-state index < -0.39 is 5.60 Å². The van der Waals surface area contributed by atoms with E-state index in [9.17, 15) is 5.11 Å². The smallest absolute Gasteiger partial charge is 0.191 e. The zero-order valence-electron chi connectivity index (χ0n) is 16.6. The maximum Gasteiger partial charge on any atom is 0.191 e. The minimum atomic E-state index is -1.13. The van der Waals surface area contributed by atoms with Crippen molar-refractivity contribution in [3.8, 4) is 0 Å². The Morgan fingerprint density at radius 1 is 1.32 bits per heavy atom. The van der Waals surface area contributed by atoms with Crippen LogP contribution in [0, 0.1) is 0 Å². The van der Waals surface area contributed by atoms with Gasteiger partial charge >= 0.3 is 0 Å². The molecule has 0 saturated carbocycles. The van der Waals surface area contributed by atoms with Crippen molar-refractivity contribution >= 4 is 41.3 Å². The van der Waals surface area contributed by atoms with Crippen LogP contribution in [0.1, 0.15) is 43.4 Å². The van der Waals surface area contributed by atoms with Gasteiger partial charge in [-0.05, 0) is 63.4 Å². The number of hydrogen-bond acceptors (Lipinski definition) is 5. The monoisotopic (exact) mass is 518 g/mol. The van der Waals surface area contributed by atoms with Gasteiger partial charge in [-0.1, -0.05) is 6.07 Å². The van der Waals surface area contributed by atoms with Gasteiger partial charge in [0, 0.05) is 18.0 Å². The van der Waals surface area contributed by atoms with Crippen LogP contribution in [0.4, 0.5) is 0 Å². The third-order valence-electron chi connectivity index (χ3n) is 4.86. The van der Waals surface area contributed by atoms with Gasteiger partial charge in [0.2, 0.25) is 0 Å². The lowest BCUT2D eigenvalue weighted by Crippen LogP contribution is -2.43. The number of likely N-dealkylation sites (tertiary alicyclic amines) is 1. The van der Waals surface area contributed by atoms with Crippen molar-refractivity contribution in [3.63, 3.8) is 0 Å². The first-order chi connectivity index (χ1) is 13.1. The minimum absolute atomic E-state index is 0. The summed E-state index contributed by atoms with van der Waals surface area (Å²) in [5.74, 6) is 1.24. The Morgan fingerprint density at radius 2 is 2.11 bits per heavy atom. The molecule has 2 aromatic rings. The average Bonchev–Trinajstić information content (AvgIpc) is 3.43. The van der Waals surface area contributed by atoms with E-state index in [0.717, 1.165) is 26.2 Å². The number of nitrogens with one attached hydrogen (secondary N) is 2. The summed E-state index contributed by atoms with van der Waals surface area (Å²) in [5, 5.41) is 19.5. The van der Waals surface area contributed by atoms with Gasteiger partial charge in [-0.25, -0.2) is 4.99 Å². The summed E-state index contributed by atoms with van der Waals surface area (Å²) in [4.78, 5) is 8.51. The Balaban J connectivity index is 0.00000280. The molecule has 8 heteroatoms. The van der Waals surface area contributed by atoms with Crippen LogP contribution in [-0.2, 0) is 5.60 Å². The average molecular weight is 518 g/mol. The summed E-state index contributed by atoms with van der Waals surface area (Å²) < 4.78 is 5.34. The Morgan fingerprint density at radius 3 is 2.71 bits per heavy atom. The van der Waals surface area contributed by atoms with Gasteiger partial charge in [-0.2, -0.15) is 0 Å². The number of aliphatic imine (C=N–C) groups is 1. The molecule has 156 valence electrons. The topological polar surface area (TPSA) is 73.0 Å². The van der Waals surface area contributed by atoms with Crippen molar-refractivity contribution < 1.29 is 9.52 Å². The fourth-order valence-corrected chi connectivity index (χ4v) is 4.24. The van der Waals surface area contributed by atoms with E-state index in [2.05, 4.69) is 38.0 Å². The van der Waals surface area contributed by atoms with Crippen LogP contribution in [0.25, 0.3) is 0 Å². The van der Waals surface area contributed by atoms with Gasteiger partial charge in [0.15, 0.2) is 5.96 Å². The van der Waals surface area contributed by atoms with Crippen LogP contribution < -0.4 is 10.6 Å². The molecule has 1 aliphatic rings. The van der Waals surface area contributed by atoms with Gasteiger partial charge in [0.1, 0.15) is 11.4 Å². The van der Waals surface area contributed by atoms with E-state index in [0.29, 0.717) is 17.8 Å². The highest BCUT2D eigenvalue weighted by atomic mass is 127. The molecule has 0 radical (unpaired) electrons. The zero-order valence-corrected chi connectivity index (χ0v) is 19.7. The highest BCUT2D eigenvalue weighted by molar-refractivity contribution is 14.0. The highest BCUT2D eigenvalue weighted by Crippen LogP contribution is 2.28. The van der Waals surface area contributed by atoms with Crippen molar-refractivity contribution in [2.75, 3.05) is 32.7 Å². The summed E-state index contributed by atoms with van der Waals surface area (Å²) in [7, 11) is 0. The van der Waals surface area contributed by atoms with Gasteiger partial charge in [-0.15, -0.1) is 35.3 Å². The molecule has 3 rings (SSSR count). The second kappa shape index (κ2) is 11.2. The Hall–Kier alpha value is -1.10. The highest BCUT2D eigenvalue weighted by Gasteiger charge is 2.27. The first-order valence-corrected chi connectivity index (χ1v) is 10.5. The first-order valence-electron chi connectivity index (χ1n) is 9.66. The van der Waals surface area contributed by atoms with Crippen molar-refractivity contribution in [2.45, 2.75) is 38.3 Å². The maximum atomic E-state index is 10.6. The molecule has 0 aromatic carbocycles. The third kappa shape index (κ3) is 6.20. The summed E-state index contributed by atoms with van der Waals surface area (Å²) in [5.41, 5.74) is -1.13. The molecule has 3 heterocycles. The van der Waals surface area contributed by atoms with E-state index in [1.54, 1.807) is 36.7 Å². The van der Waals surface area contributed by atoms with E-state index in [1.165, 1.54) is 17.7 Å². The molecular weight excluding hydrogens is 487 g/mol. The van der Waals surface area contributed by atoms with Gasteiger partial charge in [-0.3, -0.25) is 4.90 Å². The van der Waals surface area contributed by atoms with E-state index in [1.807, 2.05) is 6.92 Å². The fraction of sp³-hybridized carbons (Fsp3) is 0.550. The summed E-state index contributed by atoms with van der Waals surface area (Å²) in [6, 6.07) is 8.22. The molecule has 1 saturated heterocycles. The quantitative estimate of drug-likeness (QED) is 0.283. The molecule has 0 amide bonds. The van der Waals surface area contributed by atoms with Crippen LogP contribution in [0.2, 0.25) is 0 Å². The maximum absolute atomic E-state index is 10.6. The molecule has 2 unspecified atom stereocenters. The molecule has 28 heavy (non-hydrogen) atoms. The predicted molar refractivity (Wildman–Crippen MR) is 126 cm³/mol. The molecule has 2 aromatic heterocycles. The molecule has 1 fully saturated rings. The van der Waals surface area contributed by atoms with Crippen molar-refractivity contribution in [1.82, 2.24) is 15.5 Å². The molecule has 2 atom stereocenters.